The predicted octanol–water partition coefficient (Wildman–Crippen LogP) is 3.55. The van der Waals surface area contributed by atoms with Crippen molar-refractivity contribution >= 4 is 16.7 Å². The highest BCUT2D eigenvalue weighted by Crippen LogP contribution is 2.24. The predicted molar refractivity (Wildman–Crippen MR) is 86.7 cm³/mol. The molecule has 0 aliphatic carbocycles. The average molecular weight is 285 g/mol. The van der Waals surface area contributed by atoms with E-state index in [1.54, 1.807) is 7.11 Å². The van der Waals surface area contributed by atoms with Gasteiger partial charge in [-0.1, -0.05) is 38.1 Å². The zero-order valence-electron chi connectivity index (χ0n) is 13.0. The Labute approximate surface area is 126 Å². The lowest BCUT2D eigenvalue weighted by Gasteiger charge is -2.10. The van der Waals surface area contributed by atoms with Gasteiger partial charge in [0.15, 0.2) is 0 Å². The molecule has 0 radical (unpaired) electrons. The van der Waals surface area contributed by atoms with Gasteiger partial charge >= 0.3 is 0 Å². The van der Waals surface area contributed by atoms with Gasteiger partial charge in [0.25, 0.3) is 0 Å². The van der Waals surface area contributed by atoms with Gasteiger partial charge in [-0.25, -0.2) is 0 Å². The van der Waals surface area contributed by atoms with Crippen LogP contribution in [0, 0.1) is 5.92 Å². The van der Waals surface area contributed by atoms with E-state index < -0.39 is 0 Å². The number of hydrogen-bond acceptors (Lipinski definition) is 2. The van der Waals surface area contributed by atoms with E-state index in [1.807, 2.05) is 18.2 Å². The number of hydrogen-bond donors (Lipinski definition) is 1. The molecule has 1 amide bonds. The number of carbonyl (C=O) groups is 1. The molecule has 112 valence electrons. The SMILES string of the molecule is COc1ccc2cccc(CCC(=O)NCC(C)C)c2c1. The molecule has 0 aliphatic heterocycles. The Morgan fingerprint density at radius 3 is 2.76 bits per heavy atom. The summed E-state index contributed by atoms with van der Waals surface area (Å²) in [4.78, 5) is 11.8. The van der Waals surface area contributed by atoms with E-state index >= 15 is 0 Å². The number of fused-ring (bicyclic) bond motifs is 1. The third-order valence-electron chi connectivity index (χ3n) is 3.51. The molecule has 2 aromatic rings. The first-order valence-corrected chi connectivity index (χ1v) is 7.42. The highest BCUT2D eigenvalue weighted by molar-refractivity contribution is 5.87. The quantitative estimate of drug-likeness (QED) is 0.881. The maximum atomic E-state index is 11.8. The smallest absolute Gasteiger partial charge is 0.220 e. The Hall–Kier alpha value is -2.03. The molecule has 0 aromatic heterocycles. The van der Waals surface area contributed by atoms with Crippen molar-refractivity contribution in [2.24, 2.45) is 5.92 Å². The number of ether oxygens (including phenoxy) is 1. The molecule has 0 bridgehead atoms. The largest absolute Gasteiger partial charge is 0.497 e. The standard InChI is InChI=1S/C18H23NO2/c1-13(2)12-19-18(20)10-8-15-6-4-5-14-7-9-16(21-3)11-17(14)15/h4-7,9,11,13H,8,10,12H2,1-3H3,(H,19,20). The van der Waals surface area contributed by atoms with Crippen LogP contribution < -0.4 is 10.1 Å². The van der Waals surface area contributed by atoms with Crippen LogP contribution in [0.25, 0.3) is 10.8 Å². The summed E-state index contributed by atoms with van der Waals surface area (Å²) in [5, 5.41) is 5.30. The Bertz CT molecular complexity index is 620. The fourth-order valence-electron chi connectivity index (χ4n) is 2.32. The highest BCUT2D eigenvalue weighted by atomic mass is 16.5. The highest BCUT2D eigenvalue weighted by Gasteiger charge is 2.06. The molecule has 0 aliphatic rings. The second-order valence-corrected chi connectivity index (χ2v) is 5.70. The van der Waals surface area contributed by atoms with Crippen LogP contribution in [-0.4, -0.2) is 19.6 Å². The normalized spacial score (nSPS) is 10.9. The summed E-state index contributed by atoms with van der Waals surface area (Å²) in [5.41, 5.74) is 1.19. The molecule has 0 saturated carbocycles. The van der Waals surface area contributed by atoms with Crippen LogP contribution in [0.1, 0.15) is 25.8 Å². The molecule has 2 aromatic carbocycles. The van der Waals surface area contributed by atoms with Gasteiger partial charge in [-0.05, 0) is 40.8 Å². The lowest BCUT2D eigenvalue weighted by Crippen LogP contribution is -2.27. The minimum Gasteiger partial charge on any atom is -0.497 e. The van der Waals surface area contributed by atoms with Crippen LogP contribution in [0.15, 0.2) is 36.4 Å². The summed E-state index contributed by atoms with van der Waals surface area (Å²) in [5.74, 6) is 1.44. The first-order valence-electron chi connectivity index (χ1n) is 7.42. The zero-order valence-corrected chi connectivity index (χ0v) is 13.0. The van der Waals surface area contributed by atoms with Crippen molar-refractivity contribution < 1.29 is 9.53 Å². The van der Waals surface area contributed by atoms with Crippen molar-refractivity contribution in [1.29, 1.82) is 0 Å². The monoisotopic (exact) mass is 285 g/mol. The topological polar surface area (TPSA) is 38.3 Å². The Morgan fingerprint density at radius 2 is 2.05 bits per heavy atom. The summed E-state index contributed by atoms with van der Waals surface area (Å²) >= 11 is 0. The fraction of sp³-hybridized carbons (Fsp3) is 0.389. The van der Waals surface area contributed by atoms with Crippen molar-refractivity contribution in [1.82, 2.24) is 5.32 Å². The van der Waals surface area contributed by atoms with Crippen LogP contribution in [-0.2, 0) is 11.2 Å². The molecule has 0 spiro atoms. The van der Waals surface area contributed by atoms with E-state index in [1.165, 1.54) is 10.9 Å². The van der Waals surface area contributed by atoms with Crippen molar-refractivity contribution in [3.05, 3.63) is 42.0 Å². The van der Waals surface area contributed by atoms with Crippen molar-refractivity contribution in [2.75, 3.05) is 13.7 Å². The Balaban J connectivity index is 2.09. The molecule has 1 N–H and O–H groups in total. The van der Waals surface area contributed by atoms with E-state index in [2.05, 4.69) is 37.4 Å². The van der Waals surface area contributed by atoms with E-state index in [9.17, 15) is 4.79 Å². The molecule has 0 saturated heterocycles. The van der Waals surface area contributed by atoms with Gasteiger partial charge in [-0.2, -0.15) is 0 Å². The Kier molecular flexibility index (Phi) is 5.20. The fourth-order valence-corrected chi connectivity index (χ4v) is 2.32. The van der Waals surface area contributed by atoms with Gasteiger partial charge in [0, 0.05) is 13.0 Å². The summed E-state index contributed by atoms with van der Waals surface area (Å²) in [6.07, 6.45) is 1.26. The first kappa shape index (κ1) is 15.4. The summed E-state index contributed by atoms with van der Waals surface area (Å²) in [6.45, 7) is 4.93. The van der Waals surface area contributed by atoms with Gasteiger partial charge < -0.3 is 10.1 Å². The Morgan fingerprint density at radius 1 is 1.24 bits per heavy atom. The van der Waals surface area contributed by atoms with Crippen molar-refractivity contribution in [3.8, 4) is 5.75 Å². The van der Waals surface area contributed by atoms with Crippen LogP contribution >= 0.6 is 0 Å². The average Bonchev–Trinajstić information content (AvgIpc) is 2.50. The van der Waals surface area contributed by atoms with E-state index in [4.69, 9.17) is 4.74 Å². The van der Waals surface area contributed by atoms with Gasteiger partial charge in [-0.15, -0.1) is 0 Å². The number of methoxy groups -OCH3 is 1. The minimum absolute atomic E-state index is 0.114. The zero-order chi connectivity index (χ0) is 15.2. The van der Waals surface area contributed by atoms with Crippen LogP contribution in [0.2, 0.25) is 0 Å². The number of rotatable bonds is 6. The molecule has 2 rings (SSSR count). The first-order chi connectivity index (χ1) is 10.1. The van der Waals surface area contributed by atoms with E-state index in [-0.39, 0.29) is 5.91 Å². The molecule has 0 atom stereocenters. The van der Waals surface area contributed by atoms with Crippen LogP contribution in [0.5, 0.6) is 5.75 Å². The summed E-state index contributed by atoms with van der Waals surface area (Å²) in [7, 11) is 1.67. The molecule has 21 heavy (non-hydrogen) atoms. The summed E-state index contributed by atoms with van der Waals surface area (Å²) < 4.78 is 5.29. The number of benzene rings is 2. The molecular formula is C18H23NO2. The lowest BCUT2D eigenvalue weighted by molar-refractivity contribution is -0.121. The maximum absolute atomic E-state index is 11.8. The van der Waals surface area contributed by atoms with Gasteiger partial charge in [0.2, 0.25) is 5.91 Å². The molecule has 0 fully saturated rings. The van der Waals surface area contributed by atoms with Crippen molar-refractivity contribution in [2.45, 2.75) is 26.7 Å². The van der Waals surface area contributed by atoms with Gasteiger partial charge in [0.05, 0.1) is 7.11 Å². The van der Waals surface area contributed by atoms with Crippen LogP contribution in [0.4, 0.5) is 0 Å². The van der Waals surface area contributed by atoms with Crippen molar-refractivity contribution in [3.63, 3.8) is 0 Å². The van der Waals surface area contributed by atoms with Crippen LogP contribution in [0.3, 0.4) is 0 Å². The number of amides is 1. The number of nitrogens with one attached hydrogen (secondary N) is 1. The molecule has 0 unspecified atom stereocenters. The summed E-state index contributed by atoms with van der Waals surface area (Å²) in [6, 6.07) is 12.2. The molecule has 3 heteroatoms. The number of carbonyl (C=O) groups excluding carboxylic acids is 1. The molecular weight excluding hydrogens is 262 g/mol. The molecule has 3 nitrogen and oxygen atoms in total. The third-order valence-corrected chi connectivity index (χ3v) is 3.51. The van der Waals surface area contributed by atoms with Gasteiger partial charge in [0.1, 0.15) is 5.75 Å². The van der Waals surface area contributed by atoms with Gasteiger partial charge in [-0.3, -0.25) is 4.79 Å². The van der Waals surface area contributed by atoms with E-state index in [0.29, 0.717) is 12.3 Å². The third kappa shape index (κ3) is 4.22. The van der Waals surface area contributed by atoms with E-state index in [0.717, 1.165) is 24.1 Å². The number of aryl methyl sites for hydroxylation is 1. The maximum Gasteiger partial charge on any atom is 0.220 e. The lowest BCUT2D eigenvalue weighted by atomic mass is 10.0. The minimum atomic E-state index is 0.114. The second-order valence-electron chi connectivity index (χ2n) is 5.70. The second kappa shape index (κ2) is 7.11. The molecule has 0 heterocycles.